The van der Waals surface area contributed by atoms with Crippen molar-refractivity contribution in [2.75, 3.05) is 13.2 Å². The minimum absolute atomic E-state index is 0.194. The number of fused-ring (bicyclic) bond motifs is 1. The van der Waals surface area contributed by atoms with Crippen LogP contribution in [-0.4, -0.2) is 19.5 Å². The Kier molecular flexibility index (Phi) is 8.26. The Morgan fingerprint density at radius 1 is 0.853 bits per heavy atom. The summed E-state index contributed by atoms with van der Waals surface area (Å²) in [5, 5.41) is 0.736. The van der Waals surface area contributed by atoms with Gasteiger partial charge in [-0.3, -0.25) is 0 Å². The van der Waals surface area contributed by atoms with E-state index in [0.717, 1.165) is 31.3 Å². The van der Waals surface area contributed by atoms with E-state index in [1.165, 1.54) is 37.5 Å². The molecule has 0 aliphatic carbocycles. The monoisotopic (exact) mass is 466 g/mol. The van der Waals surface area contributed by atoms with Crippen molar-refractivity contribution in [3.05, 3.63) is 82.7 Å². The number of halogens is 3. The lowest BCUT2D eigenvalue weighted by Gasteiger charge is -2.29. The van der Waals surface area contributed by atoms with Crippen molar-refractivity contribution in [1.29, 1.82) is 0 Å². The maximum atomic E-state index is 14.6. The van der Waals surface area contributed by atoms with Gasteiger partial charge in [0.05, 0.1) is 18.8 Å². The lowest BCUT2D eigenvalue weighted by molar-refractivity contribution is -0.203. The molecule has 0 aromatic heterocycles. The third kappa shape index (κ3) is 6.20. The van der Waals surface area contributed by atoms with Crippen molar-refractivity contribution in [3.8, 4) is 11.8 Å². The quantitative estimate of drug-likeness (QED) is 0.272. The fourth-order valence-corrected chi connectivity index (χ4v) is 4.18. The summed E-state index contributed by atoms with van der Waals surface area (Å²) < 4.78 is 53.5. The summed E-state index contributed by atoms with van der Waals surface area (Å²) in [7, 11) is 0. The molecule has 1 heterocycles. The molecule has 0 saturated carbocycles. The van der Waals surface area contributed by atoms with E-state index in [0.29, 0.717) is 29.7 Å². The lowest BCUT2D eigenvalue weighted by Crippen LogP contribution is -2.32. The molecule has 2 nitrogen and oxygen atoms in total. The van der Waals surface area contributed by atoms with Crippen LogP contribution >= 0.6 is 0 Å². The first-order chi connectivity index (χ1) is 16.5. The summed E-state index contributed by atoms with van der Waals surface area (Å²) >= 11 is 0. The van der Waals surface area contributed by atoms with Crippen LogP contribution in [0.15, 0.2) is 48.5 Å². The largest absolute Gasteiger partial charge is 0.352 e. The maximum absolute atomic E-state index is 14.6. The van der Waals surface area contributed by atoms with E-state index < -0.39 is 11.6 Å². The van der Waals surface area contributed by atoms with Crippen LogP contribution in [-0.2, 0) is 15.9 Å². The molecule has 3 aromatic carbocycles. The Morgan fingerprint density at radius 3 is 2.44 bits per heavy atom. The second-order valence-electron chi connectivity index (χ2n) is 8.86. The maximum Gasteiger partial charge on any atom is 0.166 e. The van der Waals surface area contributed by atoms with Crippen molar-refractivity contribution in [1.82, 2.24) is 0 Å². The van der Waals surface area contributed by atoms with Crippen LogP contribution in [0, 0.1) is 35.2 Å². The fourth-order valence-electron chi connectivity index (χ4n) is 4.18. The zero-order valence-corrected chi connectivity index (χ0v) is 19.4. The van der Waals surface area contributed by atoms with Gasteiger partial charge in [0.15, 0.2) is 17.9 Å². The van der Waals surface area contributed by atoms with Crippen LogP contribution in [0.1, 0.15) is 55.7 Å². The van der Waals surface area contributed by atoms with Gasteiger partial charge in [0.1, 0.15) is 5.82 Å². The first-order valence-electron chi connectivity index (χ1n) is 11.9. The second-order valence-corrected chi connectivity index (χ2v) is 8.86. The van der Waals surface area contributed by atoms with Crippen molar-refractivity contribution >= 4 is 10.8 Å². The average Bonchev–Trinajstić information content (AvgIpc) is 2.85. The zero-order chi connectivity index (χ0) is 23.9. The van der Waals surface area contributed by atoms with E-state index in [2.05, 4.69) is 18.8 Å². The molecule has 1 aliphatic rings. The number of aryl methyl sites for hydroxylation is 1. The van der Waals surface area contributed by atoms with Crippen molar-refractivity contribution in [2.45, 2.75) is 51.7 Å². The van der Waals surface area contributed by atoms with Crippen molar-refractivity contribution in [2.24, 2.45) is 5.92 Å². The van der Waals surface area contributed by atoms with Gasteiger partial charge in [-0.25, -0.2) is 13.2 Å². The smallest absolute Gasteiger partial charge is 0.166 e. The van der Waals surface area contributed by atoms with Gasteiger partial charge in [-0.05, 0) is 54.1 Å². The first-order valence-corrected chi connectivity index (χ1v) is 11.9. The molecule has 34 heavy (non-hydrogen) atoms. The molecule has 1 saturated heterocycles. The van der Waals surface area contributed by atoms with Gasteiger partial charge in [-0.1, -0.05) is 56.2 Å². The summed E-state index contributed by atoms with van der Waals surface area (Å²) in [6, 6.07) is 12.4. The van der Waals surface area contributed by atoms with E-state index >= 15 is 0 Å². The molecule has 1 aliphatic heterocycles. The predicted molar refractivity (Wildman–Crippen MR) is 128 cm³/mol. The van der Waals surface area contributed by atoms with Gasteiger partial charge in [0, 0.05) is 23.3 Å². The van der Waals surface area contributed by atoms with E-state index in [4.69, 9.17) is 9.47 Å². The minimum Gasteiger partial charge on any atom is -0.352 e. The molecule has 0 atom stereocenters. The second kappa shape index (κ2) is 11.6. The highest BCUT2D eigenvalue weighted by Crippen LogP contribution is 2.22. The molecule has 4 rings (SSSR count). The van der Waals surface area contributed by atoms with Gasteiger partial charge in [-0.2, -0.15) is 0 Å². The summed E-state index contributed by atoms with van der Waals surface area (Å²) in [5.41, 5.74) is 1.75. The van der Waals surface area contributed by atoms with E-state index in [-0.39, 0.29) is 23.1 Å². The molecule has 0 bridgehead atoms. The lowest BCUT2D eigenvalue weighted by atomic mass is 10.0. The van der Waals surface area contributed by atoms with Gasteiger partial charge in [0.2, 0.25) is 0 Å². The van der Waals surface area contributed by atoms with E-state index in [1.807, 2.05) is 6.07 Å². The molecule has 5 heteroatoms. The van der Waals surface area contributed by atoms with Gasteiger partial charge in [-0.15, -0.1) is 0 Å². The Bertz CT molecular complexity index is 1190. The molecule has 0 spiro atoms. The predicted octanol–water partition coefficient (Wildman–Crippen LogP) is 7.16. The molecule has 178 valence electrons. The normalized spacial score (nSPS) is 18.0. The molecule has 0 radical (unpaired) electrons. The SMILES string of the molecule is CCCCCC1COC(CCc2ccc(C#Cc3ccc4c(F)c(F)ccc4c3)c(F)c2)OC1. The standard InChI is InChI=1S/C29H29F3O2/c1-2-3-4-5-22-18-33-28(34-19-22)15-9-21-7-11-23(27(31)17-21)10-6-20-8-13-25-24(16-20)12-14-26(30)29(25)32/h7-8,11-14,16-17,22,28H,2-5,9,15,18-19H2,1H3. The van der Waals surface area contributed by atoms with Crippen LogP contribution in [0.5, 0.6) is 0 Å². The van der Waals surface area contributed by atoms with Crippen LogP contribution in [0.25, 0.3) is 10.8 Å². The Labute approximate surface area is 199 Å². The zero-order valence-electron chi connectivity index (χ0n) is 19.4. The molecular formula is C29H29F3O2. The third-order valence-corrected chi connectivity index (χ3v) is 6.20. The Balaban J connectivity index is 1.32. The van der Waals surface area contributed by atoms with Crippen LogP contribution in [0.4, 0.5) is 13.2 Å². The number of hydrogen-bond donors (Lipinski definition) is 0. The highest BCUT2D eigenvalue weighted by Gasteiger charge is 2.21. The highest BCUT2D eigenvalue weighted by atomic mass is 19.2. The number of hydrogen-bond acceptors (Lipinski definition) is 2. The molecule has 0 unspecified atom stereocenters. The first kappa shape index (κ1) is 24.3. The minimum atomic E-state index is -0.887. The molecule has 1 fully saturated rings. The average molecular weight is 467 g/mol. The number of ether oxygens (including phenoxy) is 2. The number of benzene rings is 3. The summed E-state index contributed by atoms with van der Waals surface area (Å²) in [5.74, 6) is 4.06. The molecule has 0 N–H and O–H groups in total. The van der Waals surface area contributed by atoms with Crippen LogP contribution < -0.4 is 0 Å². The molecule has 0 amide bonds. The summed E-state index contributed by atoms with van der Waals surface area (Å²) in [6.45, 7) is 3.66. The van der Waals surface area contributed by atoms with Crippen LogP contribution in [0.2, 0.25) is 0 Å². The third-order valence-electron chi connectivity index (χ3n) is 6.20. The van der Waals surface area contributed by atoms with Gasteiger partial charge in [0.25, 0.3) is 0 Å². The van der Waals surface area contributed by atoms with Crippen molar-refractivity contribution in [3.63, 3.8) is 0 Å². The van der Waals surface area contributed by atoms with Crippen LogP contribution in [0.3, 0.4) is 0 Å². The Morgan fingerprint density at radius 2 is 1.68 bits per heavy atom. The Hall–Kier alpha value is -2.81. The van der Waals surface area contributed by atoms with Gasteiger partial charge >= 0.3 is 0 Å². The number of rotatable bonds is 7. The van der Waals surface area contributed by atoms with Gasteiger partial charge < -0.3 is 9.47 Å². The highest BCUT2D eigenvalue weighted by molar-refractivity contribution is 5.84. The molecular weight excluding hydrogens is 437 g/mol. The number of unbranched alkanes of at least 4 members (excludes halogenated alkanes) is 2. The van der Waals surface area contributed by atoms with E-state index in [9.17, 15) is 13.2 Å². The van der Waals surface area contributed by atoms with Crippen molar-refractivity contribution < 1.29 is 22.6 Å². The summed E-state index contributed by atoms with van der Waals surface area (Å²) in [4.78, 5) is 0. The topological polar surface area (TPSA) is 18.5 Å². The fraction of sp³-hybridized carbons (Fsp3) is 0.379. The summed E-state index contributed by atoms with van der Waals surface area (Å²) in [6.07, 6.45) is 5.91. The van der Waals surface area contributed by atoms with E-state index in [1.54, 1.807) is 18.2 Å². The molecule has 3 aromatic rings.